The van der Waals surface area contributed by atoms with Gasteiger partial charge in [-0.2, -0.15) is 0 Å². The van der Waals surface area contributed by atoms with Gasteiger partial charge in [0.2, 0.25) is 5.91 Å². The molecule has 30 heavy (non-hydrogen) atoms. The summed E-state index contributed by atoms with van der Waals surface area (Å²) in [5.41, 5.74) is 1.12. The standard InChI is InChI=1S/C21H23ClFN3O4/c1-2-3-16(26-21(28)24-12-13-4-6-14(23)7-5-13)20(27)25-17-11-19-18(10-15(17)22)29-8-9-30-19/h4-7,10-11,16H,2-3,8-9,12H2,1H3,(H,25,27)(H2,24,26,28). The minimum Gasteiger partial charge on any atom is -0.486 e. The van der Waals surface area contributed by atoms with E-state index in [0.29, 0.717) is 48.3 Å². The Kier molecular flexibility index (Phi) is 7.35. The van der Waals surface area contributed by atoms with Crippen LogP contribution in [0.15, 0.2) is 36.4 Å². The molecular formula is C21H23ClFN3O4. The van der Waals surface area contributed by atoms with E-state index in [0.717, 1.165) is 5.56 Å². The molecule has 0 aromatic heterocycles. The predicted molar refractivity (Wildman–Crippen MR) is 112 cm³/mol. The van der Waals surface area contributed by atoms with E-state index >= 15 is 0 Å². The highest BCUT2D eigenvalue weighted by Gasteiger charge is 2.22. The van der Waals surface area contributed by atoms with Crippen molar-refractivity contribution >= 4 is 29.2 Å². The minimum atomic E-state index is -0.757. The molecular weight excluding hydrogens is 413 g/mol. The molecule has 0 bridgehead atoms. The van der Waals surface area contributed by atoms with E-state index < -0.39 is 18.0 Å². The van der Waals surface area contributed by atoms with Gasteiger partial charge in [0.05, 0.1) is 10.7 Å². The first kappa shape index (κ1) is 21.7. The van der Waals surface area contributed by atoms with Crippen molar-refractivity contribution in [2.24, 2.45) is 0 Å². The smallest absolute Gasteiger partial charge is 0.315 e. The third-order valence-electron chi connectivity index (χ3n) is 4.46. The fourth-order valence-electron chi connectivity index (χ4n) is 2.93. The maximum atomic E-state index is 13.0. The highest BCUT2D eigenvalue weighted by molar-refractivity contribution is 6.34. The Morgan fingerprint density at radius 1 is 1.13 bits per heavy atom. The number of halogens is 2. The summed E-state index contributed by atoms with van der Waals surface area (Å²) in [5.74, 6) is 0.277. The third kappa shape index (κ3) is 5.76. The van der Waals surface area contributed by atoms with E-state index in [1.165, 1.54) is 12.1 Å². The van der Waals surface area contributed by atoms with Gasteiger partial charge < -0.3 is 25.4 Å². The number of rotatable bonds is 7. The number of anilines is 1. The summed E-state index contributed by atoms with van der Waals surface area (Å²) in [6.45, 7) is 2.97. The number of carbonyl (C=O) groups excluding carboxylic acids is 2. The summed E-state index contributed by atoms with van der Waals surface area (Å²) in [5, 5.41) is 8.38. The number of hydrogen-bond donors (Lipinski definition) is 3. The Morgan fingerprint density at radius 2 is 1.80 bits per heavy atom. The summed E-state index contributed by atoms with van der Waals surface area (Å²) >= 11 is 6.24. The zero-order chi connectivity index (χ0) is 21.5. The maximum absolute atomic E-state index is 13.0. The number of hydrogen-bond acceptors (Lipinski definition) is 4. The van der Waals surface area contributed by atoms with Crippen molar-refractivity contribution in [3.05, 3.63) is 52.8 Å². The summed E-state index contributed by atoms with van der Waals surface area (Å²) in [7, 11) is 0. The second kappa shape index (κ2) is 10.2. The number of benzene rings is 2. The molecule has 0 aliphatic carbocycles. The summed E-state index contributed by atoms with van der Waals surface area (Å²) in [6, 6.07) is 7.73. The molecule has 3 rings (SSSR count). The Balaban J connectivity index is 1.60. The largest absolute Gasteiger partial charge is 0.486 e. The van der Waals surface area contributed by atoms with Gasteiger partial charge >= 0.3 is 6.03 Å². The van der Waals surface area contributed by atoms with Gasteiger partial charge in [0, 0.05) is 18.7 Å². The average Bonchev–Trinajstić information content (AvgIpc) is 2.73. The lowest BCUT2D eigenvalue weighted by atomic mass is 10.1. The monoisotopic (exact) mass is 435 g/mol. The van der Waals surface area contributed by atoms with Crippen molar-refractivity contribution in [3.8, 4) is 11.5 Å². The predicted octanol–water partition coefficient (Wildman–Crippen LogP) is 3.86. The van der Waals surface area contributed by atoms with Crippen LogP contribution < -0.4 is 25.4 Å². The molecule has 9 heteroatoms. The lowest BCUT2D eigenvalue weighted by Crippen LogP contribution is -2.47. The van der Waals surface area contributed by atoms with Crippen LogP contribution in [0.3, 0.4) is 0 Å². The average molecular weight is 436 g/mol. The van der Waals surface area contributed by atoms with Crippen LogP contribution in [0.1, 0.15) is 25.3 Å². The second-order valence-electron chi connectivity index (χ2n) is 6.76. The van der Waals surface area contributed by atoms with Crippen molar-refractivity contribution < 1.29 is 23.5 Å². The zero-order valence-electron chi connectivity index (χ0n) is 16.5. The van der Waals surface area contributed by atoms with Crippen molar-refractivity contribution in [1.82, 2.24) is 10.6 Å². The Morgan fingerprint density at radius 3 is 2.47 bits per heavy atom. The van der Waals surface area contributed by atoms with Crippen LogP contribution in [0.5, 0.6) is 11.5 Å². The number of fused-ring (bicyclic) bond motifs is 1. The van der Waals surface area contributed by atoms with Gasteiger partial charge in [0.1, 0.15) is 25.1 Å². The molecule has 3 N–H and O–H groups in total. The topological polar surface area (TPSA) is 88.7 Å². The van der Waals surface area contributed by atoms with Gasteiger partial charge in [0.15, 0.2) is 11.5 Å². The van der Waals surface area contributed by atoms with Gasteiger partial charge in [-0.1, -0.05) is 37.1 Å². The number of carbonyl (C=O) groups is 2. The fourth-order valence-corrected chi connectivity index (χ4v) is 3.13. The van der Waals surface area contributed by atoms with Gasteiger partial charge in [0.25, 0.3) is 0 Å². The van der Waals surface area contributed by atoms with Crippen LogP contribution in [0.25, 0.3) is 0 Å². The molecule has 0 saturated carbocycles. The van der Waals surface area contributed by atoms with Crippen LogP contribution in [0.4, 0.5) is 14.9 Å². The highest BCUT2D eigenvalue weighted by atomic mass is 35.5. The first-order chi connectivity index (χ1) is 14.5. The van der Waals surface area contributed by atoms with Crippen LogP contribution >= 0.6 is 11.6 Å². The fraction of sp³-hybridized carbons (Fsp3) is 0.333. The zero-order valence-corrected chi connectivity index (χ0v) is 17.2. The molecule has 1 aliphatic rings. The van der Waals surface area contributed by atoms with E-state index in [2.05, 4.69) is 16.0 Å². The molecule has 0 fully saturated rings. The second-order valence-corrected chi connectivity index (χ2v) is 7.17. The number of nitrogens with one attached hydrogen (secondary N) is 3. The van der Waals surface area contributed by atoms with E-state index in [-0.39, 0.29) is 12.4 Å². The molecule has 3 amide bonds. The first-order valence-electron chi connectivity index (χ1n) is 9.65. The van der Waals surface area contributed by atoms with Crippen molar-refractivity contribution in [2.45, 2.75) is 32.4 Å². The SMILES string of the molecule is CCCC(NC(=O)NCc1ccc(F)cc1)C(=O)Nc1cc2c(cc1Cl)OCCO2. The Hall–Kier alpha value is -3.00. The minimum absolute atomic E-state index is 0.209. The molecule has 1 unspecified atom stereocenters. The van der Waals surface area contributed by atoms with Crippen LogP contribution in [-0.4, -0.2) is 31.2 Å². The van der Waals surface area contributed by atoms with Crippen molar-refractivity contribution in [3.63, 3.8) is 0 Å². The van der Waals surface area contributed by atoms with Crippen LogP contribution in [0.2, 0.25) is 5.02 Å². The summed E-state index contributed by atoms with van der Waals surface area (Å²) < 4.78 is 23.9. The molecule has 1 heterocycles. The summed E-state index contributed by atoms with van der Waals surface area (Å²) in [6.07, 6.45) is 1.13. The van der Waals surface area contributed by atoms with E-state index in [4.69, 9.17) is 21.1 Å². The first-order valence-corrected chi connectivity index (χ1v) is 10.0. The molecule has 2 aromatic carbocycles. The molecule has 2 aromatic rings. The third-order valence-corrected chi connectivity index (χ3v) is 4.77. The van der Waals surface area contributed by atoms with E-state index in [1.54, 1.807) is 24.3 Å². The highest BCUT2D eigenvalue weighted by Crippen LogP contribution is 2.38. The molecule has 0 spiro atoms. The summed E-state index contributed by atoms with van der Waals surface area (Å²) in [4.78, 5) is 25.0. The molecule has 0 saturated heterocycles. The normalized spacial score (nSPS) is 13.3. The van der Waals surface area contributed by atoms with E-state index in [9.17, 15) is 14.0 Å². The lowest BCUT2D eigenvalue weighted by molar-refractivity contribution is -0.118. The molecule has 1 aliphatic heterocycles. The number of ether oxygens (including phenoxy) is 2. The maximum Gasteiger partial charge on any atom is 0.315 e. The van der Waals surface area contributed by atoms with Gasteiger partial charge in [-0.15, -0.1) is 0 Å². The Bertz CT molecular complexity index is 908. The van der Waals surface area contributed by atoms with Crippen molar-refractivity contribution in [1.29, 1.82) is 0 Å². The van der Waals surface area contributed by atoms with Crippen LogP contribution in [0, 0.1) is 5.82 Å². The quantitative estimate of drug-likeness (QED) is 0.616. The van der Waals surface area contributed by atoms with Crippen LogP contribution in [-0.2, 0) is 11.3 Å². The van der Waals surface area contributed by atoms with Crippen molar-refractivity contribution in [2.75, 3.05) is 18.5 Å². The Labute approximate surface area is 178 Å². The number of amides is 3. The number of urea groups is 1. The van der Waals surface area contributed by atoms with Gasteiger partial charge in [-0.05, 0) is 24.1 Å². The lowest BCUT2D eigenvalue weighted by Gasteiger charge is -2.22. The molecule has 0 radical (unpaired) electrons. The van der Waals surface area contributed by atoms with Gasteiger partial charge in [-0.25, -0.2) is 9.18 Å². The van der Waals surface area contributed by atoms with E-state index in [1.807, 2.05) is 6.92 Å². The molecule has 160 valence electrons. The molecule has 7 nitrogen and oxygen atoms in total. The molecule has 1 atom stereocenters. The van der Waals surface area contributed by atoms with Gasteiger partial charge in [-0.3, -0.25) is 4.79 Å².